The van der Waals surface area contributed by atoms with Crippen molar-refractivity contribution in [1.82, 2.24) is 19.9 Å². The number of H-pyrrole nitrogens is 2. The molecule has 0 amide bonds. The average Bonchev–Trinajstić information content (AvgIpc) is 3.36. The number of carbonyl (C=O) groups excluding carboxylic acids is 2. The molecule has 0 radical (unpaired) electrons. The van der Waals surface area contributed by atoms with E-state index in [1.165, 1.54) is 0 Å². The maximum atomic E-state index is 10.6. The van der Waals surface area contributed by atoms with Crippen molar-refractivity contribution in [3.05, 3.63) is 35.1 Å². The van der Waals surface area contributed by atoms with Gasteiger partial charge >= 0.3 is 0 Å². The second kappa shape index (κ2) is 7.61. The molecule has 0 fully saturated rings. The van der Waals surface area contributed by atoms with Crippen LogP contribution >= 0.6 is 39.8 Å². The first kappa shape index (κ1) is 17.3. The first-order valence-electron chi connectivity index (χ1n) is 7.31. The van der Waals surface area contributed by atoms with E-state index in [0.717, 1.165) is 36.9 Å². The maximum absolute atomic E-state index is 10.6. The summed E-state index contributed by atoms with van der Waals surface area (Å²) in [5, 5.41) is 0. The van der Waals surface area contributed by atoms with Gasteiger partial charge in [-0.1, -0.05) is 0 Å². The number of fused-ring (bicyclic) bond motifs is 1. The molecule has 0 saturated carbocycles. The van der Waals surface area contributed by atoms with Crippen LogP contribution in [-0.2, 0) is 9.59 Å². The van der Waals surface area contributed by atoms with E-state index in [0.29, 0.717) is 16.8 Å². The van der Waals surface area contributed by atoms with Gasteiger partial charge in [0.25, 0.3) is 0 Å². The predicted octanol–water partition coefficient (Wildman–Crippen LogP) is 2.46. The number of aromatic nitrogens is 4. The van der Waals surface area contributed by atoms with Crippen LogP contribution in [0.2, 0.25) is 0 Å². The van der Waals surface area contributed by atoms with Crippen molar-refractivity contribution >= 4 is 72.4 Å². The van der Waals surface area contributed by atoms with Crippen LogP contribution in [0.1, 0.15) is 10.6 Å². The highest BCUT2D eigenvalue weighted by Crippen LogP contribution is 2.37. The molecule has 2 unspecified atom stereocenters. The van der Waals surface area contributed by atoms with E-state index in [4.69, 9.17) is 0 Å². The normalized spacial score (nSPS) is 11.5. The van der Waals surface area contributed by atoms with Gasteiger partial charge in [0.1, 0.15) is 28.9 Å². The number of hydrogen-bond acceptors (Lipinski definition) is 6. The fourth-order valence-electron chi connectivity index (χ4n) is 2.25. The van der Waals surface area contributed by atoms with Crippen molar-refractivity contribution in [3.8, 4) is 22.4 Å². The summed E-state index contributed by atoms with van der Waals surface area (Å²) >= 11 is 3.29. The molecule has 0 aliphatic carbocycles. The minimum atomic E-state index is 0.0244. The van der Waals surface area contributed by atoms with Gasteiger partial charge in [0, 0.05) is 26.6 Å². The summed E-state index contributed by atoms with van der Waals surface area (Å²) in [6.45, 7) is 0. The maximum Gasteiger partial charge on any atom is 0.146 e. The second-order valence-electron chi connectivity index (χ2n) is 5.02. The van der Waals surface area contributed by atoms with Gasteiger partial charge in [-0.15, -0.1) is 22.7 Å². The number of aromatic amines is 2. The van der Waals surface area contributed by atoms with Crippen molar-refractivity contribution in [2.45, 2.75) is 0 Å². The van der Waals surface area contributed by atoms with Gasteiger partial charge in [0.15, 0.2) is 0 Å². The van der Waals surface area contributed by atoms with Crippen molar-refractivity contribution in [2.75, 3.05) is 0 Å². The molecule has 128 valence electrons. The Morgan fingerprint density at radius 1 is 0.923 bits per heavy atom. The van der Waals surface area contributed by atoms with Crippen LogP contribution in [0, 0.1) is 11.8 Å². The van der Waals surface area contributed by atoms with Crippen LogP contribution in [0.15, 0.2) is 24.5 Å². The Hall–Kier alpha value is -2.16. The van der Waals surface area contributed by atoms with E-state index in [1.54, 1.807) is 35.1 Å². The predicted molar refractivity (Wildman–Crippen MR) is 111 cm³/mol. The number of rotatable bonds is 5. The largest absolute Gasteiger partial charge is 0.338 e. The summed E-state index contributed by atoms with van der Waals surface area (Å²) in [5.74, 6) is 6.17. The Kier molecular flexibility index (Phi) is 5.05. The third-order valence-electron chi connectivity index (χ3n) is 3.34. The van der Waals surface area contributed by atoms with Crippen molar-refractivity contribution < 1.29 is 9.59 Å². The van der Waals surface area contributed by atoms with E-state index in [1.807, 2.05) is 0 Å². The van der Waals surface area contributed by atoms with Gasteiger partial charge < -0.3 is 9.97 Å². The van der Waals surface area contributed by atoms with Gasteiger partial charge in [-0.3, -0.25) is 9.59 Å². The SMILES string of the molecule is O=CPc1ncc(C#Cc2cc3sc(-c4cnc(PC=O)[nH]4)cc3s2)[nH]1. The Morgan fingerprint density at radius 3 is 2.42 bits per heavy atom. The number of nitrogens with one attached hydrogen (secondary N) is 2. The van der Waals surface area contributed by atoms with E-state index in [-0.39, 0.29) is 17.2 Å². The van der Waals surface area contributed by atoms with Gasteiger partial charge in [0.2, 0.25) is 0 Å². The van der Waals surface area contributed by atoms with E-state index < -0.39 is 0 Å². The summed E-state index contributed by atoms with van der Waals surface area (Å²) in [4.78, 5) is 37.7. The minimum absolute atomic E-state index is 0.0244. The molecule has 0 aromatic carbocycles. The summed E-state index contributed by atoms with van der Waals surface area (Å²) < 4.78 is 2.33. The molecular weight excluding hydrogens is 406 g/mol. The Labute approximate surface area is 159 Å². The summed E-state index contributed by atoms with van der Waals surface area (Å²) in [6, 6.07) is 5.87. The smallest absolute Gasteiger partial charge is 0.146 e. The molecule has 4 rings (SSSR count). The van der Waals surface area contributed by atoms with Crippen molar-refractivity contribution in [1.29, 1.82) is 0 Å². The standard InChI is InChI=1S/C16H10N4O2P2S2/c21-7-23-15-17-5-9(19-15)1-2-10-3-13-14(25-10)4-12(26-13)11-6-18-16(20-11)24-8-22/h3-8,23-24H,(H,17,19)(H,18,20). The Balaban J connectivity index is 1.55. The molecule has 26 heavy (non-hydrogen) atoms. The third-order valence-corrected chi connectivity index (χ3v) is 6.87. The molecule has 0 saturated heterocycles. The molecule has 6 nitrogen and oxygen atoms in total. The Morgan fingerprint density at radius 2 is 1.65 bits per heavy atom. The summed E-state index contributed by atoms with van der Waals surface area (Å²) in [5.41, 5.74) is 2.98. The van der Waals surface area contributed by atoms with Gasteiger partial charge in [-0.25, -0.2) is 9.97 Å². The first-order valence-corrected chi connectivity index (χ1v) is 11.1. The van der Waals surface area contributed by atoms with Gasteiger partial charge in [-0.2, -0.15) is 0 Å². The number of thiophene rings is 2. The molecule has 2 atom stereocenters. The molecule has 2 N–H and O–H groups in total. The molecule has 4 aromatic heterocycles. The highest BCUT2D eigenvalue weighted by Gasteiger charge is 2.10. The quantitative estimate of drug-likeness (QED) is 0.297. The fraction of sp³-hybridized carbons (Fsp3) is 0. The highest BCUT2D eigenvalue weighted by atomic mass is 32.1. The van der Waals surface area contributed by atoms with Crippen LogP contribution in [0.5, 0.6) is 0 Å². The molecule has 0 bridgehead atoms. The molecule has 0 spiro atoms. The zero-order chi connectivity index (χ0) is 17.9. The van der Waals surface area contributed by atoms with Crippen LogP contribution < -0.4 is 11.1 Å². The van der Waals surface area contributed by atoms with E-state index >= 15 is 0 Å². The second-order valence-corrected chi connectivity index (χ2v) is 9.18. The lowest BCUT2D eigenvalue weighted by Gasteiger charge is -1.89. The summed E-state index contributed by atoms with van der Waals surface area (Å²) in [7, 11) is 0.0741. The van der Waals surface area contributed by atoms with E-state index in [2.05, 4.69) is 43.9 Å². The first-order chi connectivity index (χ1) is 12.7. The van der Waals surface area contributed by atoms with Crippen molar-refractivity contribution in [2.24, 2.45) is 0 Å². The number of hydrogen-bond donors (Lipinski definition) is 2. The van der Waals surface area contributed by atoms with Gasteiger partial charge in [0.05, 0.1) is 27.8 Å². The summed E-state index contributed by atoms with van der Waals surface area (Å²) in [6.07, 6.45) is 3.40. The van der Waals surface area contributed by atoms with Crippen LogP contribution in [0.4, 0.5) is 0 Å². The monoisotopic (exact) mass is 416 g/mol. The lowest BCUT2D eigenvalue weighted by atomic mass is 10.3. The minimum Gasteiger partial charge on any atom is -0.338 e. The topological polar surface area (TPSA) is 91.5 Å². The molecule has 0 aliphatic heterocycles. The molecular formula is C16H10N4O2P2S2. The van der Waals surface area contributed by atoms with E-state index in [9.17, 15) is 9.59 Å². The van der Waals surface area contributed by atoms with Crippen LogP contribution in [0.25, 0.3) is 20.0 Å². The zero-order valence-corrected chi connectivity index (χ0v) is 16.6. The molecule has 4 aromatic rings. The zero-order valence-electron chi connectivity index (χ0n) is 13.0. The number of nitrogens with zero attached hydrogens (tertiary/aromatic N) is 2. The van der Waals surface area contributed by atoms with Gasteiger partial charge in [-0.05, 0) is 24.0 Å². The lowest BCUT2D eigenvalue weighted by molar-refractivity contribution is 0.569. The Bertz CT molecular complexity index is 1130. The third kappa shape index (κ3) is 3.67. The number of imidazole rings is 2. The van der Waals surface area contributed by atoms with Crippen LogP contribution in [0.3, 0.4) is 0 Å². The highest BCUT2D eigenvalue weighted by molar-refractivity contribution is 7.62. The molecule has 0 aliphatic rings. The molecule has 10 heteroatoms. The van der Waals surface area contributed by atoms with Crippen LogP contribution in [-0.4, -0.2) is 32.0 Å². The number of carbonyl (C=O) groups is 2. The molecule has 4 heterocycles. The lowest BCUT2D eigenvalue weighted by Crippen LogP contribution is -1.97. The average molecular weight is 416 g/mol. The fourth-order valence-corrected chi connectivity index (χ4v) is 5.38. The van der Waals surface area contributed by atoms with Crippen molar-refractivity contribution in [3.63, 3.8) is 0 Å².